The Bertz CT molecular complexity index is 466. The minimum atomic E-state index is -0.454. The first-order valence-electron chi connectivity index (χ1n) is 8.13. The quantitative estimate of drug-likeness (QED) is 0.746. The second kappa shape index (κ2) is 5.69. The van der Waals surface area contributed by atoms with E-state index in [0.717, 1.165) is 31.4 Å². The first-order valence-corrected chi connectivity index (χ1v) is 9.29. The lowest BCUT2D eigenvalue weighted by Crippen LogP contribution is -2.54. The Kier molecular flexibility index (Phi) is 3.82. The number of nitrogens with zero attached hydrogens (tertiary/aromatic N) is 2. The second-order valence-electron chi connectivity index (χ2n) is 6.53. The average molecular weight is 326 g/mol. The van der Waals surface area contributed by atoms with Gasteiger partial charge in [-0.05, 0) is 12.8 Å². The molecular weight excluding hydrogens is 304 g/mol. The van der Waals surface area contributed by atoms with Crippen LogP contribution in [0.1, 0.15) is 25.7 Å². The molecule has 0 radical (unpaired) electrons. The van der Waals surface area contributed by atoms with Gasteiger partial charge in [0.1, 0.15) is 6.04 Å². The van der Waals surface area contributed by atoms with Gasteiger partial charge in [0.05, 0.1) is 19.1 Å². The van der Waals surface area contributed by atoms with E-state index < -0.39 is 5.79 Å². The first-order chi connectivity index (χ1) is 10.7. The maximum atomic E-state index is 12.8. The van der Waals surface area contributed by atoms with Crippen LogP contribution in [0.2, 0.25) is 0 Å². The average Bonchev–Trinajstić information content (AvgIpc) is 3.10. The molecule has 4 rings (SSSR count). The normalized spacial score (nSPS) is 31.0. The molecule has 1 atom stereocenters. The van der Waals surface area contributed by atoms with Crippen molar-refractivity contribution in [3.63, 3.8) is 0 Å². The van der Waals surface area contributed by atoms with Crippen LogP contribution in [0, 0.1) is 5.92 Å². The van der Waals surface area contributed by atoms with Crippen molar-refractivity contribution in [2.45, 2.75) is 37.5 Å². The molecule has 7 heteroatoms. The van der Waals surface area contributed by atoms with Crippen LogP contribution < -0.4 is 0 Å². The third kappa shape index (κ3) is 2.63. The lowest BCUT2D eigenvalue weighted by Gasteiger charge is -2.39. The number of rotatable bonds is 2. The van der Waals surface area contributed by atoms with Crippen LogP contribution in [0.5, 0.6) is 0 Å². The van der Waals surface area contributed by atoms with Crippen LogP contribution in [0.25, 0.3) is 0 Å². The van der Waals surface area contributed by atoms with E-state index in [1.165, 1.54) is 0 Å². The van der Waals surface area contributed by atoms with Crippen molar-refractivity contribution >= 4 is 23.6 Å². The van der Waals surface area contributed by atoms with Crippen molar-refractivity contribution in [1.29, 1.82) is 0 Å². The van der Waals surface area contributed by atoms with E-state index in [1.54, 1.807) is 16.7 Å². The van der Waals surface area contributed by atoms with Gasteiger partial charge in [0.2, 0.25) is 11.8 Å². The Morgan fingerprint density at radius 2 is 1.73 bits per heavy atom. The number of likely N-dealkylation sites (tertiary alicyclic amines) is 1. The smallest absolute Gasteiger partial charge is 0.246 e. The van der Waals surface area contributed by atoms with Gasteiger partial charge in [-0.1, -0.05) is 0 Å². The molecule has 0 aromatic heterocycles. The molecule has 2 amide bonds. The van der Waals surface area contributed by atoms with E-state index in [2.05, 4.69) is 0 Å². The van der Waals surface area contributed by atoms with Crippen LogP contribution in [-0.4, -0.2) is 71.4 Å². The number of ether oxygens (including phenoxy) is 2. The van der Waals surface area contributed by atoms with Crippen molar-refractivity contribution < 1.29 is 19.1 Å². The van der Waals surface area contributed by atoms with Gasteiger partial charge in [-0.3, -0.25) is 9.59 Å². The Morgan fingerprint density at radius 1 is 1.05 bits per heavy atom. The summed E-state index contributed by atoms with van der Waals surface area (Å²) in [5, 5.41) is 0. The molecule has 0 N–H and O–H groups in total. The Balaban J connectivity index is 1.38. The van der Waals surface area contributed by atoms with Gasteiger partial charge >= 0.3 is 0 Å². The van der Waals surface area contributed by atoms with Crippen molar-refractivity contribution in [1.82, 2.24) is 9.80 Å². The van der Waals surface area contributed by atoms with E-state index in [4.69, 9.17) is 9.47 Å². The molecule has 1 aliphatic carbocycles. The third-order valence-corrected chi connectivity index (χ3v) is 6.04. The Labute approximate surface area is 134 Å². The van der Waals surface area contributed by atoms with Crippen molar-refractivity contribution in [3.8, 4) is 0 Å². The maximum absolute atomic E-state index is 12.8. The van der Waals surface area contributed by atoms with Crippen LogP contribution in [0.4, 0.5) is 0 Å². The van der Waals surface area contributed by atoms with Crippen LogP contribution >= 0.6 is 11.8 Å². The van der Waals surface area contributed by atoms with Crippen molar-refractivity contribution in [2.24, 2.45) is 5.92 Å². The SMILES string of the molecule is O=C(C1CSCN1C(=O)C1CC1)N1CCC2(CC1)OCCO2. The molecule has 1 spiro atoms. The zero-order valence-corrected chi connectivity index (χ0v) is 13.5. The molecular formula is C15H22N2O4S. The fourth-order valence-electron chi connectivity index (χ4n) is 3.49. The number of thioether (sulfide) groups is 1. The van der Waals surface area contributed by atoms with Crippen LogP contribution in [0.3, 0.4) is 0 Å². The Hall–Kier alpha value is -0.790. The van der Waals surface area contributed by atoms with Gasteiger partial charge in [-0.2, -0.15) is 0 Å². The highest BCUT2D eigenvalue weighted by Gasteiger charge is 2.45. The topological polar surface area (TPSA) is 59.1 Å². The molecule has 0 bridgehead atoms. The molecule has 22 heavy (non-hydrogen) atoms. The highest BCUT2D eigenvalue weighted by molar-refractivity contribution is 7.99. The van der Waals surface area contributed by atoms with Gasteiger partial charge in [0.25, 0.3) is 0 Å². The van der Waals surface area contributed by atoms with Crippen LogP contribution in [-0.2, 0) is 19.1 Å². The molecule has 0 aromatic carbocycles. The van der Waals surface area contributed by atoms with Gasteiger partial charge in [-0.15, -0.1) is 11.8 Å². The second-order valence-corrected chi connectivity index (χ2v) is 7.53. The monoisotopic (exact) mass is 326 g/mol. The number of hydrogen-bond acceptors (Lipinski definition) is 5. The summed E-state index contributed by atoms with van der Waals surface area (Å²) in [6.45, 7) is 2.62. The van der Waals surface area contributed by atoms with Gasteiger partial charge < -0.3 is 19.3 Å². The third-order valence-electron chi connectivity index (χ3n) is 5.03. The number of amides is 2. The summed E-state index contributed by atoms with van der Waals surface area (Å²) in [5.74, 6) is 1.40. The van der Waals surface area contributed by atoms with Gasteiger partial charge in [-0.25, -0.2) is 0 Å². The molecule has 4 aliphatic rings. The fourth-order valence-corrected chi connectivity index (χ4v) is 4.65. The molecule has 3 heterocycles. The minimum absolute atomic E-state index is 0.104. The molecule has 4 fully saturated rings. The number of hydrogen-bond donors (Lipinski definition) is 0. The minimum Gasteiger partial charge on any atom is -0.347 e. The Morgan fingerprint density at radius 3 is 2.36 bits per heavy atom. The summed E-state index contributed by atoms with van der Waals surface area (Å²) >= 11 is 1.68. The lowest BCUT2D eigenvalue weighted by molar-refractivity contribution is -0.188. The highest BCUT2D eigenvalue weighted by atomic mass is 32.2. The molecule has 0 aromatic rings. The predicted molar refractivity (Wildman–Crippen MR) is 81.1 cm³/mol. The summed E-state index contributed by atoms with van der Waals surface area (Å²) in [6, 6.07) is -0.266. The first kappa shape index (κ1) is 14.8. The molecule has 122 valence electrons. The van der Waals surface area contributed by atoms with E-state index in [-0.39, 0.29) is 23.8 Å². The van der Waals surface area contributed by atoms with Gasteiger partial charge in [0.15, 0.2) is 5.79 Å². The van der Waals surface area contributed by atoms with E-state index in [0.29, 0.717) is 32.2 Å². The summed E-state index contributed by atoms with van der Waals surface area (Å²) < 4.78 is 11.4. The number of carbonyl (C=O) groups is 2. The summed E-state index contributed by atoms with van der Waals surface area (Å²) in [5.41, 5.74) is 0. The van der Waals surface area contributed by atoms with Crippen molar-refractivity contribution in [2.75, 3.05) is 37.9 Å². The zero-order chi connectivity index (χ0) is 15.2. The van der Waals surface area contributed by atoms with E-state index in [9.17, 15) is 9.59 Å². The standard InChI is InChI=1S/C15H22N2O4S/c18-13(11-1-2-11)17-10-22-9-12(17)14(19)16-5-3-15(4-6-16)20-7-8-21-15/h11-12H,1-10H2. The van der Waals surface area contributed by atoms with Crippen LogP contribution in [0.15, 0.2) is 0 Å². The molecule has 3 aliphatic heterocycles. The number of carbonyl (C=O) groups excluding carboxylic acids is 2. The lowest BCUT2D eigenvalue weighted by atomic mass is 10.0. The predicted octanol–water partition coefficient (Wildman–Crippen LogP) is 0.663. The zero-order valence-electron chi connectivity index (χ0n) is 12.7. The molecule has 1 unspecified atom stereocenters. The molecule has 1 saturated carbocycles. The maximum Gasteiger partial charge on any atom is 0.246 e. The van der Waals surface area contributed by atoms with E-state index in [1.807, 2.05) is 4.90 Å². The highest BCUT2D eigenvalue weighted by Crippen LogP contribution is 2.36. The van der Waals surface area contributed by atoms with Crippen molar-refractivity contribution in [3.05, 3.63) is 0 Å². The molecule has 6 nitrogen and oxygen atoms in total. The summed E-state index contributed by atoms with van der Waals surface area (Å²) in [4.78, 5) is 28.8. The number of piperidine rings is 1. The fraction of sp³-hybridized carbons (Fsp3) is 0.867. The summed E-state index contributed by atoms with van der Waals surface area (Å²) in [7, 11) is 0. The largest absolute Gasteiger partial charge is 0.347 e. The summed E-state index contributed by atoms with van der Waals surface area (Å²) in [6.07, 6.45) is 3.44. The van der Waals surface area contributed by atoms with E-state index >= 15 is 0 Å². The molecule has 3 saturated heterocycles. The van der Waals surface area contributed by atoms with Gasteiger partial charge in [0, 0.05) is 37.6 Å².